The molecule has 0 spiro atoms. The van der Waals surface area contributed by atoms with Crippen molar-refractivity contribution in [3.05, 3.63) is 0 Å². The summed E-state index contributed by atoms with van der Waals surface area (Å²) < 4.78 is 0. The highest BCUT2D eigenvalue weighted by Gasteiger charge is 2.16. The van der Waals surface area contributed by atoms with Crippen LogP contribution in [0.1, 0.15) is 40.0 Å². The van der Waals surface area contributed by atoms with Gasteiger partial charge in [-0.2, -0.15) is 0 Å². The van der Waals surface area contributed by atoms with E-state index < -0.39 is 0 Å². The van der Waals surface area contributed by atoms with Crippen LogP contribution in [0.5, 0.6) is 0 Å². The summed E-state index contributed by atoms with van der Waals surface area (Å²) in [5.41, 5.74) is 0.274. The van der Waals surface area contributed by atoms with Crippen molar-refractivity contribution >= 4 is 5.78 Å². The van der Waals surface area contributed by atoms with Crippen molar-refractivity contribution < 1.29 is 4.79 Å². The van der Waals surface area contributed by atoms with Gasteiger partial charge in [-0.3, -0.25) is 9.69 Å². The number of carbonyl (C=O) groups is 1. The van der Waals surface area contributed by atoms with Crippen LogP contribution in [0, 0.1) is 5.41 Å². The summed E-state index contributed by atoms with van der Waals surface area (Å²) >= 11 is 0. The number of hydrogen-bond donors (Lipinski definition) is 1. The second kappa shape index (κ2) is 6.36. The lowest BCUT2D eigenvalue weighted by Gasteiger charge is -2.21. The first-order chi connectivity index (χ1) is 7.47. The second-order valence-electron chi connectivity index (χ2n) is 5.98. The number of nitrogens with zero attached hydrogens (tertiary/aromatic N) is 1. The quantitative estimate of drug-likeness (QED) is 0.791. The zero-order valence-electron chi connectivity index (χ0n) is 11.0. The van der Waals surface area contributed by atoms with Crippen LogP contribution in [-0.4, -0.2) is 43.4 Å². The molecule has 1 heterocycles. The fourth-order valence-electron chi connectivity index (χ4n) is 1.90. The van der Waals surface area contributed by atoms with E-state index in [9.17, 15) is 4.79 Å². The number of nitrogens with one attached hydrogen (secondary N) is 1. The Morgan fingerprint density at radius 2 is 2.00 bits per heavy atom. The van der Waals surface area contributed by atoms with Gasteiger partial charge in [0, 0.05) is 19.5 Å². The number of hydrogen-bond acceptors (Lipinski definition) is 3. The van der Waals surface area contributed by atoms with E-state index in [0.29, 0.717) is 12.3 Å². The Morgan fingerprint density at radius 3 is 2.69 bits per heavy atom. The van der Waals surface area contributed by atoms with Gasteiger partial charge in [0.1, 0.15) is 5.78 Å². The minimum atomic E-state index is 0.274. The van der Waals surface area contributed by atoms with E-state index >= 15 is 0 Å². The molecule has 1 rings (SSSR count). The van der Waals surface area contributed by atoms with Gasteiger partial charge in [0.2, 0.25) is 0 Å². The molecule has 0 unspecified atom stereocenters. The topological polar surface area (TPSA) is 32.3 Å². The average Bonchev–Trinajstić information content (AvgIpc) is 2.42. The Morgan fingerprint density at radius 1 is 1.25 bits per heavy atom. The molecule has 94 valence electrons. The summed E-state index contributed by atoms with van der Waals surface area (Å²) in [7, 11) is 0. The molecule has 0 aromatic heterocycles. The molecular weight excluding hydrogens is 200 g/mol. The lowest BCUT2D eigenvalue weighted by atomic mass is 9.89. The lowest BCUT2D eigenvalue weighted by Crippen LogP contribution is -2.33. The molecule has 0 bridgehead atoms. The molecule has 1 N–H and O–H groups in total. The van der Waals surface area contributed by atoms with Crippen molar-refractivity contribution in [3.8, 4) is 0 Å². The fraction of sp³-hybridized carbons (Fsp3) is 0.923. The average molecular weight is 226 g/mol. The third kappa shape index (κ3) is 6.23. The Hall–Kier alpha value is -0.410. The van der Waals surface area contributed by atoms with Gasteiger partial charge >= 0.3 is 0 Å². The summed E-state index contributed by atoms with van der Waals surface area (Å²) in [6.07, 6.45) is 2.89. The Kier molecular flexibility index (Phi) is 5.42. The van der Waals surface area contributed by atoms with Crippen LogP contribution in [0.25, 0.3) is 0 Å². The molecule has 0 aromatic carbocycles. The molecule has 1 aliphatic rings. The van der Waals surface area contributed by atoms with E-state index in [4.69, 9.17) is 0 Å². The first-order valence-corrected chi connectivity index (χ1v) is 6.42. The van der Waals surface area contributed by atoms with Gasteiger partial charge in [-0.25, -0.2) is 0 Å². The summed E-state index contributed by atoms with van der Waals surface area (Å²) in [5.74, 6) is 0.400. The second-order valence-corrected chi connectivity index (χ2v) is 5.98. The minimum absolute atomic E-state index is 0.274. The van der Waals surface area contributed by atoms with Crippen LogP contribution in [0.15, 0.2) is 0 Å². The largest absolute Gasteiger partial charge is 0.315 e. The predicted octanol–water partition coefficient (Wildman–Crippen LogP) is 1.68. The maximum Gasteiger partial charge on any atom is 0.146 e. The molecule has 0 aliphatic carbocycles. The van der Waals surface area contributed by atoms with Crippen LogP contribution in [0.4, 0.5) is 0 Å². The van der Waals surface area contributed by atoms with Crippen LogP contribution in [0.2, 0.25) is 0 Å². The number of Topliss-reactive ketones (excluding diaryl/α,β-unsaturated/α-hetero) is 1. The molecule has 0 amide bonds. The standard InChI is InChI=1S/C13H26N2O/c1-13(2,3)6-5-12(16)11-15-9-4-7-14-8-10-15/h14H,4-11H2,1-3H3. The summed E-state index contributed by atoms with van der Waals surface area (Å²) in [6, 6.07) is 0. The maximum absolute atomic E-state index is 11.8. The van der Waals surface area contributed by atoms with E-state index in [1.807, 2.05) is 0 Å². The van der Waals surface area contributed by atoms with Crippen LogP contribution in [-0.2, 0) is 4.79 Å². The summed E-state index contributed by atoms with van der Waals surface area (Å²) in [6.45, 7) is 11.4. The van der Waals surface area contributed by atoms with Crippen molar-refractivity contribution in [2.24, 2.45) is 5.41 Å². The zero-order valence-corrected chi connectivity index (χ0v) is 11.0. The first-order valence-electron chi connectivity index (χ1n) is 6.42. The minimum Gasteiger partial charge on any atom is -0.315 e. The van der Waals surface area contributed by atoms with Gasteiger partial charge in [-0.1, -0.05) is 20.8 Å². The van der Waals surface area contributed by atoms with E-state index in [2.05, 4.69) is 31.0 Å². The van der Waals surface area contributed by atoms with E-state index in [0.717, 1.165) is 45.4 Å². The fourth-order valence-corrected chi connectivity index (χ4v) is 1.90. The van der Waals surface area contributed by atoms with Crippen molar-refractivity contribution in [2.45, 2.75) is 40.0 Å². The van der Waals surface area contributed by atoms with Crippen molar-refractivity contribution in [1.29, 1.82) is 0 Å². The van der Waals surface area contributed by atoms with Gasteiger partial charge < -0.3 is 5.32 Å². The Balaban J connectivity index is 2.22. The van der Waals surface area contributed by atoms with E-state index in [1.54, 1.807) is 0 Å². The SMILES string of the molecule is CC(C)(C)CCC(=O)CN1CCCNCC1. The third-order valence-electron chi connectivity index (χ3n) is 2.99. The molecule has 0 atom stereocenters. The zero-order chi connectivity index (χ0) is 12.0. The summed E-state index contributed by atoms with van der Waals surface area (Å²) in [5, 5.41) is 3.35. The molecule has 3 heteroatoms. The molecule has 3 nitrogen and oxygen atoms in total. The highest BCUT2D eigenvalue weighted by Crippen LogP contribution is 2.20. The van der Waals surface area contributed by atoms with Crippen molar-refractivity contribution in [2.75, 3.05) is 32.7 Å². The van der Waals surface area contributed by atoms with Gasteiger partial charge in [0.05, 0.1) is 6.54 Å². The van der Waals surface area contributed by atoms with Crippen molar-refractivity contribution in [3.63, 3.8) is 0 Å². The molecule has 0 aromatic rings. The van der Waals surface area contributed by atoms with Gasteiger partial charge in [-0.15, -0.1) is 0 Å². The van der Waals surface area contributed by atoms with E-state index in [1.165, 1.54) is 0 Å². The first kappa shape index (κ1) is 13.7. The Labute approximate surface area is 99.6 Å². The number of rotatable bonds is 4. The smallest absolute Gasteiger partial charge is 0.146 e. The number of carbonyl (C=O) groups excluding carboxylic acids is 1. The summed E-state index contributed by atoms with van der Waals surface area (Å²) in [4.78, 5) is 14.1. The van der Waals surface area contributed by atoms with Gasteiger partial charge in [-0.05, 0) is 31.3 Å². The molecule has 1 aliphatic heterocycles. The van der Waals surface area contributed by atoms with Crippen molar-refractivity contribution in [1.82, 2.24) is 10.2 Å². The molecule has 0 radical (unpaired) electrons. The molecule has 0 saturated carbocycles. The van der Waals surface area contributed by atoms with E-state index in [-0.39, 0.29) is 5.41 Å². The monoisotopic (exact) mass is 226 g/mol. The normalized spacial score (nSPS) is 19.4. The maximum atomic E-state index is 11.8. The van der Waals surface area contributed by atoms with Crippen LogP contribution >= 0.6 is 0 Å². The predicted molar refractivity (Wildman–Crippen MR) is 67.6 cm³/mol. The van der Waals surface area contributed by atoms with Gasteiger partial charge in [0.15, 0.2) is 0 Å². The molecule has 16 heavy (non-hydrogen) atoms. The third-order valence-corrected chi connectivity index (χ3v) is 2.99. The van der Waals surface area contributed by atoms with Crippen LogP contribution < -0.4 is 5.32 Å². The van der Waals surface area contributed by atoms with Gasteiger partial charge in [0.25, 0.3) is 0 Å². The van der Waals surface area contributed by atoms with Crippen LogP contribution in [0.3, 0.4) is 0 Å². The number of ketones is 1. The molecular formula is C13H26N2O. The highest BCUT2D eigenvalue weighted by molar-refractivity contribution is 5.80. The lowest BCUT2D eigenvalue weighted by molar-refractivity contribution is -0.120. The molecule has 1 saturated heterocycles. The highest BCUT2D eigenvalue weighted by atomic mass is 16.1. The Bertz CT molecular complexity index is 212. The molecule has 1 fully saturated rings.